The lowest BCUT2D eigenvalue weighted by atomic mass is 10.0. The number of halogens is 1. The fourth-order valence-corrected chi connectivity index (χ4v) is 2.22. The monoisotopic (exact) mass is 252 g/mol. The van der Waals surface area contributed by atoms with Crippen LogP contribution < -0.4 is 15.0 Å². The lowest BCUT2D eigenvalue weighted by Gasteiger charge is -2.32. The molecule has 1 heterocycles. The maximum absolute atomic E-state index is 13.4. The zero-order valence-corrected chi connectivity index (χ0v) is 10.6. The van der Waals surface area contributed by atoms with Crippen molar-refractivity contribution in [3.8, 4) is 5.75 Å². The molecule has 1 N–H and O–H groups in total. The molecular formula is C13H17FN2O2. The molecule has 98 valence electrons. The van der Waals surface area contributed by atoms with E-state index in [1.165, 1.54) is 19.2 Å². The van der Waals surface area contributed by atoms with Crippen LogP contribution in [0.2, 0.25) is 0 Å². The summed E-state index contributed by atoms with van der Waals surface area (Å²) in [6.45, 7) is 0.615. The first-order valence-electron chi connectivity index (χ1n) is 5.99. The number of rotatable bonds is 3. The van der Waals surface area contributed by atoms with Gasteiger partial charge in [0.25, 0.3) is 0 Å². The van der Waals surface area contributed by atoms with Crippen LogP contribution in [-0.4, -0.2) is 32.7 Å². The van der Waals surface area contributed by atoms with Gasteiger partial charge in [-0.25, -0.2) is 4.39 Å². The van der Waals surface area contributed by atoms with E-state index >= 15 is 0 Å². The van der Waals surface area contributed by atoms with E-state index < -0.39 is 5.82 Å². The molecule has 0 radical (unpaired) electrons. The number of hydrogen-bond acceptors (Lipinski definition) is 3. The van der Waals surface area contributed by atoms with Crippen molar-refractivity contribution < 1.29 is 13.9 Å². The van der Waals surface area contributed by atoms with Gasteiger partial charge in [-0.05, 0) is 26.0 Å². The second kappa shape index (κ2) is 5.35. The van der Waals surface area contributed by atoms with E-state index in [4.69, 9.17) is 4.74 Å². The molecule has 1 atom stereocenters. The molecule has 1 saturated heterocycles. The smallest absolute Gasteiger partial charge is 0.244 e. The number of piperidine rings is 1. The SMILES string of the molecule is CNC1CCCN(c2cc(F)cc(OC)c2)C1=O. The minimum absolute atomic E-state index is 0.0172. The summed E-state index contributed by atoms with van der Waals surface area (Å²) in [6.07, 6.45) is 1.72. The Hall–Kier alpha value is -1.62. The van der Waals surface area contributed by atoms with Crippen LogP contribution in [0.5, 0.6) is 5.75 Å². The summed E-state index contributed by atoms with van der Waals surface area (Å²) in [7, 11) is 3.24. The van der Waals surface area contributed by atoms with E-state index in [1.807, 2.05) is 0 Å². The Kier molecular flexibility index (Phi) is 3.81. The molecule has 18 heavy (non-hydrogen) atoms. The third-order valence-electron chi connectivity index (χ3n) is 3.19. The van der Waals surface area contributed by atoms with E-state index in [9.17, 15) is 9.18 Å². The minimum Gasteiger partial charge on any atom is -0.497 e. The lowest BCUT2D eigenvalue weighted by Crippen LogP contribution is -2.49. The van der Waals surface area contributed by atoms with Crippen molar-refractivity contribution in [2.75, 3.05) is 25.6 Å². The standard InChI is InChI=1S/C13H17FN2O2/c1-15-12-4-3-5-16(13(12)17)10-6-9(14)7-11(8-10)18-2/h6-8,12,15H,3-5H2,1-2H3. The number of nitrogens with one attached hydrogen (secondary N) is 1. The van der Waals surface area contributed by atoms with Gasteiger partial charge in [0.1, 0.15) is 11.6 Å². The van der Waals surface area contributed by atoms with Crippen molar-refractivity contribution in [1.82, 2.24) is 5.32 Å². The maximum atomic E-state index is 13.4. The average Bonchev–Trinajstić information content (AvgIpc) is 2.38. The number of amides is 1. The molecule has 1 aliphatic rings. The van der Waals surface area contributed by atoms with E-state index in [2.05, 4.69) is 5.32 Å². The molecule has 1 amide bonds. The van der Waals surface area contributed by atoms with Crippen molar-refractivity contribution in [3.05, 3.63) is 24.0 Å². The molecule has 0 aliphatic carbocycles. The second-order valence-electron chi connectivity index (χ2n) is 4.32. The number of hydrogen-bond donors (Lipinski definition) is 1. The van der Waals surface area contributed by atoms with Gasteiger partial charge in [-0.15, -0.1) is 0 Å². The molecule has 0 bridgehead atoms. The normalized spacial score (nSPS) is 20.1. The van der Waals surface area contributed by atoms with Crippen LogP contribution in [-0.2, 0) is 4.79 Å². The molecule has 1 aromatic rings. The summed E-state index contributed by atoms with van der Waals surface area (Å²) in [6, 6.07) is 4.15. The highest BCUT2D eigenvalue weighted by Crippen LogP contribution is 2.26. The Balaban J connectivity index is 2.30. The zero-order valence-electron chi connectivity index (χ0n) is 10.6. The predicted octanol–water partition coefficient (Wildman–Crippen LogP) is 1.55. The number of likely N-dealkylation sites (N-methyl/N-ethyl adjacent to an activating group) is 1. The van der Waals surface area contributed by atoms with Crippen LogP contribution in [0.1, 0.15) is 12.8 Å². The molecule has 1 unspecified atom stereocenters. The molecule has 4 nitrogen and oxygen atoms in total. The molecule has 1 aliphatic heterocycles. The van der Waals surface area contributed by atoms with E-state index in [0.717, 1.165) is 12.8 Å². The van der Waals surface area contributed by atoms with Crippen molar-refractivity contribution >= 4 is 11.6 Å². The van der Waals surface area contributed by atoms with Gasteiger partial charge >= 0.3 is 0 Å². The number of carbonyl (C=O) groups excluding carboxylic acids is 1. The van der Waals surface area contributed by atoms with Gasteiger partial charge in [0, 0.05) is 18.7 Å². The van der Waals surface area contributed by atoms with Crippen LogP contribution >= 0.6 is 0 Å². The Labute approximate surface area is 106 Å². The third kappa shape index (κ3) is 2.46. The number of anilines is 1. The molecule has 0 saturated carbocycles. The Morgan fingerprint density at radius 3 is 2.89 bits per heavy atom. The van der Waals surface area contributed by atoms with Gasteiger partial charge in [0.05, 0.1) is 18.8 Å². The summed E-state index contributed by atoms with van der Waals surface area (Å²) in [5, 5.41) is 2.98. The fourth-order valence-electron chi connectivity index (χ4n) is 2.22. The van der Waals surface area contributed by atoms with Crippen LogP contribution in [0.4, 0.5) is 10.1 Å². The molecule has 1 aromatic carbocycles. The summed E-state index contributed by atoms with van der Waals surface area (Å²) in [4.78, 5) is 13.8. The van der Waals surface area contributed by atoms with E-state index in [0.29, 0.717) is 18.0 Å². The van der Waals surface area contributed by atoms with Gasteiger partial charge in [0.2, 0.25) is 5.91 Å². The molecule has 1 fully saturated rings. The summed E-state index contributed by atoms with van der Waals surface area (Å²) >= 11 is 0. The molecular weight excluding hydrogens is 235 g/mol. The third-order valence-corrected chi connectivity index (χ3v) is 3.19. The molecule has 5 heteroatoms. The quantitative estimate of drug-likeness (QED) is 0.887. The molecule has 0 aromatic heterocycles. The van der Waals surface area contributed by atoms with Gasteiger partial charge in [-0.2, -0.15) is 0 Å². The van der Waals surface area contributed by atoms with Crippen LogP contribution in [0.25, 0.3) is 0 Å². The first-order chi connectivity index (χ1) is 8.65. The van der Waals surface area contributed by atoms with Gasteiger partial charge in [-0.3, -0.25) is 4.79 Å². The minimum atomic E-state index is -0.399. The average molecular weight is 252 g/mol. The summed E-state index contributed by atoms with van der Waals surface area (Å²) in [5.41, 5.74) is 0.553. The van der Waals surface area contributed by atoms with Crippen molar-refractivity contribution in [3.63, 3.8) is 0 Å². The van der Waals surface area contributed by atoms with E-state index in [-0.39, 0.29) is 11.9 Å². The summed E-state index contributed by atoms with van der Waals surface area (Å²) < 4.78 is 18.5. The highest BCUT2D eigenvalue weighted by molar-refractivity contribution is 5.98. The first kappa shape index (κ1) is 12.8. The molecule has 2 rings (SSSR count). The Morgan fingerprint density at radius 1 is 1.44 bits per heavy atom. The van der Waals surface area contributed by atoms with Crippen LogP contribution in [0.15, 0.2) is 18.2 Å². The zero-order chi connectivity index (χ0) is 13.1. The topological polar surface area (TPSA) is 41.6 Å². The van der Waals surface area contributed by atoms with Gasteiger partial charge in [-0.1, -0.05) is 0 Å². The van der Waals surface area contributed by atoms with Gasteiger partial charge < -0.3 is 15.0 Å². The highest BCUT2D eigenvalue weighted by Gasteiger charge is 2.28. The van der Waals surface area contributed by atoms with Crippen molar-refractivity contribution in [1.29, 1.82) is 0 Å². The van der Waals surface area contributed by atoms with Gasteiger partial charge in [0.15, 0.2) is 0 Å². The van der Waals surface area contributed by atoms with Crippen molar-refractivity contribution in [2.45, 2.75) is 18.9 Å². The molecule has 0 spiro atoms. The number of methoxy groups -OCH3 is 1. The first-order valence-corrected chi connectivity index (χ1v) is 5.99. The largest absolute Gasteiger partial charge is 0.497 e. The predicted molar refractivity (Wildman–Crippen MR) is 67.4 cm³/mol. The maximum Gasteiger partial charge on any atom is 0.244 e. The Morgan fingerprint density at radius 2 is 2.22 bits per heavy atom. The second-order valence-corrected chi connectivity index (χ2v) is 4.32. The fraction of sp³-hybridized carbons (Fsp3) is 0.462. The Bertz CT molecular complexity index is 451. The number of ether oxygens (including phenoxy) is 1. The number of nitrogens with zero attached hydrogens (tertiary/aromatic N) is 1. The lowest BCUT2D eigenvalue weighted by molar-refractivity contribution is -0.121. The van der Waals surface area contributed by atoms with Crippen LogP contribution in [0, 0.1) is 5.82 Å². The highest BCUT2D eigenvalue weighted by atomic mass is 19.1. The summed E-state index contributed by atoms with van der Waals surface area (Å²) in [5.74, 6) is 0.00418. The van der Waals surface area contributed by atoms with Crippen LogP contribution in [0.3, 0.4) is 0 Å². The number of carbonyl (C=O) groups is 1. The number of benzene rings is 1. The van der Waals surface area contributed by atoms with E-state index in [1.54, 1.807) is 18.0 Å². The van der Waals surface area contributed by atoms with Crippen molar-refractivity contribution in [2.24, 2.45) is 0 Å².